The summed E-state index contributed by atoms with van der Waals surface area (Å²) in [4.78, 5) is 22.8. The fraction of sp³-hybridized carbons (Fsp3) is 0.235. The molecule has 3 rings (SSSR count). The van der Waals surface area contributed by atoms with Crippen molar-refractivity contribution in [3.63, 3.8) is 0 Å². The van der Waals surface area contributed by atoms with Gasteiger partial charge in [0.05, 0.1) is 5.75 Å². The smallest absolute Gasteiger partial charge is 0.294 e. The number of aromatic nitrogens is 2. The van der Waals surface area contributed by atoms with Crippen LogP contribution in [0.5, 0.6) is 0 Å². The second-order valence-corrected chi connectivity index (χ2v) is 8.16. The summed E-state index contributed by atoms with van der Waals surface area (Å²) in [5.41, 5.74) is 0.833. The summed E-state index contributed by atoms with van der Waals surface area (Å²) in [5, 5.41) is 1.49. The Balaban J connectivity index is 1.89. The number of rotatable bonds is 6. The normalized spacial score (nSPS) is 12.1. The number of carbonyl (C=O) groups excluding carboxylic acids is 1. The molecule has 26 heavy (non-hydrogen) atoms. The zero-order valence-corrected chi connectivity index (χ0v) is 16.5. The Hall–Kier alpha value is -2.03. The summed E-state index contributed by atoms with van der Waals surface area (Å²) in [6.07, 6.45) is 4.96. The third kappa shape index (κ3) is 4.03. The van der Waals surface area contributed by atoms with Gasteiger partial charge in [0.25, 0.3) is 5.91 Å². The molecule has 0 saturated heterocycles. The van der Waals surface area contributed by atoms with Crippen molar-refractivity contribution in [2.45, 2.75) is 12.7 Å². The van der Waals surface area contributed by atoms with E-state index in [1.54, 1.807) is 30.8 Å². The molecule has 1 atom stereocenters. The first-order valence-corrected chi connectivity index (χ1v) is 10.7. The summed E-state index contributed by atoms with van der Waals surface area (Å²) < 4.78 is 16.9. The van der Waals surface area contributed by atoms with Crippen LogP contribution in [0.3, 0.4) is 0 Å². The van der Waals surface area contributed by atoms with E-state index in [1.807, 2.05) is 19.1 Å². The number of amides is 1. The Kier molecular flexibility index (Phi) is 5.85. The highest BCUT2D eigenvalue weighted by molar-refractivity contribution is 7.83. The minimum Gasteiger partial charge on any atom is -0.455 e. The molecule has 1 unspecified atom stereocenters. The van der Waals surface area contributed by atoms with Gasteiger partial charge in [-0.15, -0.1) is 0 Å². The fourth-order valence-electron chi connectivity index (χ4n) is 2.36. The van der Waals surface area contributed by atoms with Gasteiger partial charge in [-0.3, -0.25) is 18.9 Å². The molecule has 0 aliphatic heterocycles. The summed E-state index contributed by atoms with van der Waals surface area (Å²) in [6, 6.07) is 6.95. The summed E-state index contributed by atoms with van der Waals surface area (Å²) in [6.45, 7) is 2.26. The van der Waals surface area contributed by atoms with Crippen LogP contribution in [0.1, 0.15) is 23.2 Å². The molecule has 136 valence electrons. The van der Waals surface area contributed by atoms with Crippen LogP contribution in [-0.2, 0) is 16.6 Å². The standard InChI is InChI=1S/C17H16ClN3O3S2/c1-3-21(16(22)13-7-6-12(24-13)10-26(2)23)17-14(18)20-15(25-17)11-5-4-8-19-9-11/h4-9H,3,10H2,1-2H3. The zero-order chi connectivity index (χ0) is 18.7. The van der Waals surface area contributed by atoms with Crippen LogP contribution in [0, 0.1) is 0 Å². The van der Waals surface area contributed by atoms with Crippen LogP contribution in [0.2, 0.25) is 5.15 Å². The van der Waals surface area contributed by atoms with E-state index in [2.05, 4.69) is 9.97 Å². The van der Waals surface area contributed by atoms with E-state index in [4.69, 9.17) is 16.0 Å². The van der Waals surface area contributed by atoms with Crippen LogP contribution in [-0.4, -0.2) is 32.9 Å². The number of carbonyl (C=O) groups is 1. The van der Waals surface area contributed by atoms with Crippen molar-refractivity contribution in [2.24, 2.45) is 0 Å². The quantitative estimate of drug-likeness (QED) is 0.615. The number of thiazole rings is 1. The number of anilines is 1. The Labute approximate surface area is 162 Å². The predicted molar refractivity (Wildman–Crippen MR) is 104 cm³/mol. The largest absolute Gasteiger partial charge is 0.455 e. The molecule has 0 aliphatic carbocycles. The molecular weight excluding hydrogens is 394 g/mol. The molecule has 6 nitrogen and oxygen atoms in total. The van der Waals surface area contributed by atoms with Crippen LogP contribution in [0.4, 0.5) is 5.00 Å². The van der Waals surface area contributed by atoms with Gasteiger partial charge < -0.3 is 4.42 Å². The van der Waals surface area contributed by atoms with Crippen molar-refractivity contribution in [2.75, 3.05) is 17.7 Å². The molecule has 0 radical (unpaired) electrons. The first kappa shape index (κ1) is 18.8. The number of hydrogen-bond donors (Lipinski definition) is 0. The van der Waals surface area contributed by atoms with Gasteiger partial charge in [0.1, 0.15) is 15.8 Å². The van der Waals surface area contributed by atoms with Crippen LogP contribution >= 0.6 is 22.9 Å². The SMILES string of the molecule is CCN(C(=O)c1ccc(CS(C)=O)o1)c1sc(-c2cccnc2)nc1Cl. The molecule has 0 aromatic carbocycles. The molecule has 0 spiro atoms. The van der Waals surface area contributed by atoms with E-state index in [0.29, 0.717) is 22.3 Å². The Morgan fingerprint density at radius 2 is 2.19 bits per heavy atom. The van der Waals surface area contributed by atoms with Crippen molar-refractivity contribution in [1.29, 1.82) is 0 Å². The van der Waals surface area contributed by atoms with E-state index in [9.17, 15) is 9.00 Å². The maximum absolute atomic E-state index is 12.8. The minimum absolute atomic E-state index is 0.180. The molecule has 0 aliphatic rings. The van der Waals surface area contributed by atoms with E-state index < -0.39 is 10.8 Å². The van der Waals surface area contributed by atoms with Gasteiger partial charge in [0.15, 0.2) is 10.9 Å². The van der Waals surface area contributed by atoms with E-state index in [0.717, 1.165) is 5.56 Å². The van der Waals surface area contributed by atoms with Crippen molar-refractivity contribution in [3.8, 4) is 10.6 Å². The lowest BCUT2D eigenvalue weighted by atomic mass is 10.3. The first-order chi connectivity index (χ1) is 12.5. The van der Waals surface area contributed by atoms with Gasteiger partial charge in [-0.1, -0.05) is 22.9 Å². The monoisotopic (exact) mass is 409 g/mol. The maximum atomic E-state index is 12.8. The number of hydrogen-bond acceptors (Lipinski definition) is 6. The third-order valence-electron chi connectivity index (χ3n) is 3.50. The average molecular weight is 410 g/mol. The molecular formula is C17H16ClN3O3S2. The minimum atomic E-state index is -1.04. The lowest BCUT2D eigenvalue weighted by Crippen LogP contribution is -2.29. The highest BCUT2D eigenvalue weighted by atomic mass is 35.5. The third-order valence-corrected chi connectivity index (χ3v) is 5.70. The van der Waals surface area contributed by atoms with Crippen molar-refractivity contribution in [1.82, 2.24) is 9.97 Å². The van der Waals surface area contributed by atoms with E-state index in [-0.39, 0.29) is 22.6 Å². The number of pyridine rings is 1. The van der Waals surface area contributed by atoms with Crippen molar-refractivity contribution >= 4 is 44.6 Å². The van der Waals surface area contributed by atoms with Gasteiger partial charge in [-0.2, -0.15) is 0 Å². The average Bonchev–Trinajstić information content (AvgIpc) is 3.23. The molecule has 0 fully saturated rings. The molecule has 1 amide bonds. The van der Waals surface area contributed by atoms with Gasteiger partial charge in [-0.05, 0) is 31.2 Å². The van der Waals surface area contributed by atoms with Gasteiger partial charge >= 0.3 is 0 Å². The molecule has 0 N–H and O–H groups in total. The van der Waals surface area contributed by atoms with Gasteiger partial charge in [0.2, 0.25) is 0 Å². The van der Waals surface area contributed by atoms with Crippen molar-refractivity contribution in [3.05, 3.63) is 53.3 Å². The van der Waals surface area contributed by atoms with Crippen molar-refractivity contribution < 1.29 is 13.4 Å². The Morgan fingerprint density at radius 3 is 2.85 bits per heavy atom. The fourth-order valence-corrected chi connectivity index (χ4v) is 4.27. The number of furan rings is 1. The number of nitrogens with zero attached hydrogens (tertiary/aromatic N) is 3. The highest BCUT2D eigenvalue weighted by Gasteiger charge is 2.25. The summed E-state index contributed by atoms with van der Waals surface area (Å²) in [5.74, 6) is 0.645. The summed E-state index contributed by atoms with van der Waals surface area (Å²) >= 11 is 7.61. The van der Waals surface area contributed by atoms with Gasteiger partial charge in [0, 0.05) is 41.6 Å². The van der Waals surface area contributed by atoms with E-state index in [1.165, 1.54) is 16.2 Å². The van der Waals surface area contributed by atoms with Crippen LogP contribution in [0.15, 0.2) is 41.1 Å². The molecule has 3 heterocycles. The predicted octanol–water partition coefficient (Wildman–Crippen LogP) is 4.00. The first-order valence-electron chi connectivity index (χ1n) is 7.77. The lowest BCUT2D eigenvalue weighted by Gasteiger charge is -2.17. The topological polar surface area (TPSA) is 76.3 Å². The molecule has 0 bridgehead atoms. The lowest BCUT2D eigenvalue weighted by molar-refractivity contribution is 0.0961. The Morgan fingerprint density at radius 1 is 1.38 bits per heavy atom. The Bertz CT molecular complexity index is 940. The molecule has 3 aromatic rings. The highest BCUT2D eigenvalue weighted by Crippen LogP contribution is 2.38. The van der Waals surface area contributed by atoms with E-state index >= 15 is 0 Å². The maximum Gasteiger partial charge on any atom is 0.294 e. The molecule has 3 aromatic heterocycles. The molecule has 9 heteroatoms. The second kappa shape index (κ2) is 8.11. The zero-order valence-electron chi connectivity index (χ0n) is 14.1. The molecule has 0 saturated carbocycles. The summed E-state index contributed by atoms with van der Waals surface area (Å²) in [7, 11) is -1.04. The second-order valence-electron chi connectivity index (χ2n) is 5.39. The van der Waals surface area contributed by atoms with Gasteiger partial charge in [-0.25, -0.2) is 4.98 Å². The number of halogens is 1. The van der Waals surface area contributed by atoms with Crippen LogP contribution in [0.25, 0.3) is 10.6 Å². The van der Waals surface area contributed by atoms with Crippen LogP contribution < -0.4 is 4.90 Å².